The summed E-state index contributed by atoms with van der Waals surface area (Å²) in [6, 6.07) is 8.37. The number of imide groups is 1. The van der Waals surface area contributed by atoms with E-state index in [4.69, 9.17) is 11.5 Å². The lowest BCUT2D eigenvalue weighted by Crippen LogP contribution is -2.41. The number of carbonyl (C=O) groups is 2. The van der Waals surface area contributed by atoms with E-state index in [2.05, 4.69) is 25.6 Å². The number of rotatable bonds is 5. The Morgan fingerprint density at radius 3 is 2.33 bits per heavy atom. The van der Waals surface area contributed by atoms with Crippen LogP contribution in [-0.4, -0.2) is 33.4 Å². The molecule has 1 aromatic carbocycles. The van der Waals surface area contributed by atoms with Crippen LogP contribution in [-0.2, 0) is 4.79 Å². The molecule has 0 fully saturated rings. The molecule has 2 rings (SSSR count). The van der Waals surface area contributed by atoms with Crippen molar-refractivity contribution in [3.63, 3.8) is 0 Å². The molecule has 1 aromatic heterocycles. The Morgan fingerprint density at radius 1 is 1.12 bits per heavy atom. The number of nitrogens with one attached hydrogen (secondary N) is 2. The summed E-state index contributed by atoms with van der Waals surface area (Å²) >= 11 is 1.02. The maximum Gasteiger partial charge on any atom is 0.321 e. The molecule has 0 radical (unpaired) electrons. The van der Waals surface area contributed by atoms with Crippen molar-refractivity contribution in [3.8, 4) is 0 Å². The molecule has 0 saturated heterocycles. The van der Waals surface area contributed by atoms with Crippen LogP contribution in [0.1, 0.15) is 17.7 Å². The predicted octanol–water partition coefficient (Wildman–Crippen LogP) is 0.715. The highest BCUT2D eigenvalue weighted by molar-refractivity contribution is 8.00. The number of thioether (sulfide) groups is 1. The summed E-state index contributed by atoms with van der Waals surface area (Å²) in [5.41, 5.74) is 11.8. The largest absolute Gasteiger partial charge is 0.368 e. The number of carbonyl (C=O) groups excluding carboxylic acids is 2. The van der Waals surface area contributed by atoms with Crippen LogP contribution in [0.5, 0.6) is 0 Å². The van der Waals surface area contributed by atoms with Crippen molar-refractivity contribution in [1.29, 1.82) is 0 Å². The average molecular weight is 347 g/mol. The molecule has 9 nitrogen and oxygen atoms in total. The van der Waals surface area contributed by atoms with Crippen LogP contribution in [0.4, 0.5) is 16.7 Å². The quantitative estimate of drug-likeness (QED) is 0.578. The van der Waals surface area contributed by atoms with Gasteiger partial charge in [0.15, 0.2) is 5.16 Å². The van der Waals surface area contributed by atoms with Gasteiger partial charge in [-0.1, -0.05) is 42.1 Å². The van der Waals surface area contributed by atoms with E-state index in [1.807, 2.05) is 6.07 Å². The number of nitrogen functional groups attached to an aromatic ring is 2. The molecular formula is C14H17N7O2S. The number of urea groups is 1. The normalized spacial score (nSPS) is 11.5. The Hall–Kier alpha value is -2.88. The summed E-state index contributed by atoms with van der Waals surface area (Å²) in [5.74, 6) is -0.586. The lowest BCUT2D eigenvalue weighted by Gasteiger charge is -2.15. The van der Waals surface area contributed by atoms with Crippen molar-refractivity contribution in [2.24, 2.45) is 0 Å². The minimum Gasteiger partial charge on any atom is -0.368 e. The third kappa shape index (κ3) is 4.81. The highest BCUT2D eigenvalue weighted by Crippen LogP contribution is 2.33. The highest BCUT2D eigenvalue weighted by atomic mass is 32.2. The van der Waals surface area contributed by atoms with Gasteiger partial charge in [0.25, 0.3) is 0 Å². The summed E-state index contributed by atoms with van der Waals surface area (Å²) in [6.45, 7) is 2.16. The van der Waals surface area contributed by atoms with E-state index in [1.54, 1.807) is 31.2 Å². The van der Waals surface area contributed by atoms with Crippen LogP contribution in [0, 0.1) is 0 Å². The molecule has 1 atom stereocenters. The van der Waals surface area contributed by atoms with Gasteiger partial charge >= 0.3 is 6.03 Å². The number of aromatic nitrogens is 3. The fourth-order valence-corrected chi connectivity index (χ4v) is 2.79. The SMILES string of the molecule is CCNC(=O)NC(=O)C(Sc1nc(N)nc(N)n1)c1ccccc1. The van der Waals surface area contributed by atoms with E-state index in [0.29, 0.717) is 12.1 Å². The molecule has 2 aromatic rings. The average Bonchev–Trinajstić information content (AvgIpc) is 2.52. The first-order chi connectivity index (χ1) is 11.5. The first-order valence-corrected chi connectivity index (χ1v) is 7.95. The van der Waals surface area contributed by atoms with E-state index in [-0.39, 0.29) is 17.1 Å². The van der Waals surface area contributed by atoms with Gasteiger partial charge in [-0.05, 0) is 12.5 Å². The molecule has 10 heteroatoms. The molecule has 6 N–H and O–H groups in total. The second-order valence-corrected chi connectivity index (χ2v) is 5.66. The van der Waals surface area contributed by atoms with Crippen molar-refractivity contribution in [2.45, 2.75) is 17.3 Å². The molecule has 0 aliphatic carbocycles. The Morgan fingerprint density at radius 2 is 1.75 bits per heavy atom. The zero-order valence-electron chi connectivity index (χ0n) is 12.9. The maximum atomic E-state index is 12.5. The van der Waals surface area contributed by atoms with Gasteiger partial charge in [0, 0.05) is 6.54 Å². The topological polar surface area (TPSA) is 149 Å². The first-order valence-electron chi connectivity index (χ1n) is 7.07. The number of hydrogen-bond acceptors (Lipinski definition) is 8. The second kappa shape index (κ2) is 8.11. The van der Waals surface area contributed by atoms with Gasteiger partial charge in [0.05, 0.1) is 0 Å². The molecule has 126 valence electrons. The van der Waals surface area contributed by atoms with Crippen LogP contribution in [0.25, 0.3) is 0 Å². The summed E-state index contributed by atoms with van der Waals surface area (Å²) in [4.78, 5) is 35.7. The van der Waals surface area contributed by atoms with Gasteiger partial charge in [-0.2, -0.15) is 15.0 Å². The van der Waals surface area contributed by atoms with Gasteiger partial charge in [-0.15, -0.1) is 0 Å². The van der Waals surface area contributed by atoms with Crippen LogP contribution >= 0.6 is 11.8 Å². The zero-order valence-corrected chi connectivity index (χ0v) is 13.7. The molecule has 3 amide bonds. The van der Waals surface area contributed by atoms with Crippen molar-refractivity contribution >= 4 is 35.6 Å². The number of benzene rings is 1. The van der Waals surface area contributed by atoms with Crippen molar-refractivity contribution in [1.82, 2.24) is 25.6 Å². The van der Waals surface area contributed by atoms with Crippen molar-refractivity contribution in [3.05, 3.63) is 35.9 Å². The Balaban J connectivity index is 2.26. The number of hydrogen-bond donors (Lipinski definition) is 4. The maximum absolute atomic E-state index is 12.5. The summed E-state index contributed by atoms with van der Waals surface area (Å²) in [6.07, 6.45) is 0. The minimum atomic E-state index is -0.755. The first kappa shape index (κ1) is 17.5. The second-order valence-electron chi connectivity index (χ2n) is 4.59. The lowest BCUT2D eigenvalue weighted by atomic mass is 10.1. The van der Waals surface area contributed by atoms with Gasteiger partial charge in [0.2, 0.25) is 17.8 Å². The zero-order chi connectivity index (χ0) is 17.5. The summed E-state index contributed by atoms with van der Waals surface area (Å²) in [5, 5.41) is 4.23. The number of nitrogens with two attached hydrogens (primary N) is 2. The van der Waals surface area contributed by atoms with E-state index >= 15 is 0 Å². The van der Waals surface area contributed by atoms with E-state index in [9.17, 15) is 9.59 Å². The molecule has 0 saturated carbocycles. The molecule has 1 heterocycles. The minimum absolute atomic E-state index is 0.0408. The molecule has 0 aliphatic rings. The van der Waals surface area contributed by atoms with E-state index in [1.165, 1.54) is 0 Å². The van der Waals surface area contributed by atoms with Crippen LogP contribution in [0.3, 0.4) is 0 Å². The van der Waals surface area contributed by atoms with Crippen molar-refractivity contribution < 1.29 is 9.59 Å². The van der Waals surface area contributed by atoms with Crippen LogP contribution < -0.4 is 22.1 Å². The summed E-state index contributed by atoms with van der Waals surface area (Å²) < 4.78 is 0. The van der Waals surface area contributed by atoms with Crippen molar-refractivity contribution in [2.75, 3.05) is 18.0 Å². The van der Waals surface area contributed by atoms with Gasteiger partial charge in [-0.3, -0.25) is 10.1 Å². The number of anilines is 2. The number of nitrogens with zero attached hydrogens (tertiary/aromatic N) is 3. The van der Waals surface area contributed by atoms with E-state index < -0.39 is 17.2 Å². The molecule has 0 spiro atoms. The Labute approximate surface area is 142 Å². The smallest absolute Gasteiger partial charge is 0.321 e. The fourth-order valence-electron chi connectivity index (χ4n) is 1.83. The summed E-state index contributed by atoms with van der Waals surface area (Å²) in [7, 11) is 0. The molecule has 24 heavy (non-hydrogen) atoms. The fraction of sp³-hybridized carbons (Fsp3) is 0.214. The third-order valence-corrected chi connectivity index (χ3v) is 3.90. The highest BCUT2D eigenvalue weighted by Gasteiger charge is 2.25. The Bertz CT molecular complexity index is 706. The standard InChI is InChI=1S/C14H17N7O2S/c1-2-17-13(23)18-10(22)9(8-6-4-3-5-7-8)24-14-20-11(15)19-12(16)21-14/h3-7,9H,2H2,1H3,(H2,17,18,22,23)(H4,15,16,19,20,21). The van der Waals surface area contributed by atoms with Crippen LogP contribution in [0.15, 0.2) is 35.5 Å². The van der Waals surface area contributed by atoms with Crippen LogP contribution in [0.2, 0.25) is 0 Å². The van der Waals surface area contributed by atoms with Gasteiger partial charge in [0.1, 0.15) is 5.25 Å². The third-order valence-electron chi connectivity index (χ3n) is 2.79. The molecule has 1 unspecified atom stereocenters. The lowest BCUT2D eigenvalue weighted by molar-refractivity contribution is -0.119. The predicted molar refractivity (Wildman–Crippen MR) is 90.9 cm³/mol. The van der Waals surface area contributed by atoms with Gasteiger partial charge < -0.3 is 16.8 Å². The van der Waals surface area contributed by atoms with E-state index in [0.717, 1.165) is 11.8 Å². The Kier molecular flexibility index (Phi) is 5.90. The monoisotopic (exact) mass is 347 g/mol. The van der Waals surface area contributed by atoms with Gasteiger partial charge in [-0.25, -0.2) is 4.79 Å². The number of amides is 3. The molecule has 0 aliphatic heterocycles. The molecular weight excluding hydrogens is 330 g/mol. The molecule has 0 bridgehead atoms.